The van der Waals surface area contributed by atoms with Crippen molar-refractivity contribution in [3.63, 3.8) is 0 Å². The van der Waals surface area contributed by atoms with E-state index in [1.54, 1.807) is 0 Å². The molecule has 1 fully saturated rings. The normalized spacial score (nSPS) is 23.5. The van der Waals surface area contributed by atoms with Gasteiger partial charge in [0.1, 0.15) is 0 Å². The molecule has 0 amide bonds. The summed E-state index contributed by atoms with van der Waals surface area (Å²) in [5, 5.41) is 10.1. The molecule has 1 aromatic rings. The molecule has 1 aliphatic heterocycles. The summed E-state index contributed by atoms with van der Waals surface area (Å²) in [6, 6.07) is 10.9. The van der Waals surface area contributed by atoms with Crippen LogP contribution in [0, 0.1) is 0 Å². The lowest BCUT2D eigenvalue weighted by molar-refractivity contribution is 0.0195. The fraction of sp³-hybridized carbons (Fsp3) is 0.600. The van der Waals surface area contributed by atoms with E-state index >= 15 is 0 Å². The van der Waals surface area contributed by atoms with Gasteiger partial charge in [-0.3, -0.25) is 4.90 Å². The van der Waals surface area contributed by atoms with Gasteiger partial charge in [0.15, 0.2) is 0 Å². The summed E-state index contributed by atoms with van der Waals surface area (Å²) in [5.74, 6) is 0. The van der Waals surface area contributed by atoms with E-state index in [1.807, 2.05) is 0 Å². The molecule has 2 unspecified atom stereocenters. The molecule has 0 aliphatic carbocycles. The second-order valence-electron chi connectivity index (χ2n) is 4.99. The predicted octanol–water partition coefficient (Wildman–Crippen LogP) is 2.81. The second kappa shape index (κ2) is 6.18. The van der Waals surface area contributed by atoms with E-state index in [1.165, 1.54) is 18.4 Å². The van der Waals surface area contributed by atoms with Crippen molar-refractivity contribution in [2.24, 2.45) is 0 Å². The summed E-state index contributed by atoms with van der Waals surface area (Å²) in [6.07, 6.45) is 4.35. The number of rotatable bonds is 4. The zero-order valence-electron chi connectivity index (χ0n) is 10.7. The average molecular weight is 233 g/mol. The second-order valence-corrected chi connectivity index (χ2v) is 4.99. The highest BCUT2D eigenvalue weighted by molar-refractivity contribution is 5.14. The molecule has 2 rings (SSSR count). The van der Waals surface area contributed by atoms with Crippen molar-refractivity contribution >= 4 is 0 Å². The van der Waals surface area contributed by atoms with Gasteiger partial charge in [0.2, 0.25) is 0 Å². The molecule has 0 radical (unpaired) electrons. The minimum absolute atomic E-state index is 0.168. The number of aliphatic hydroxyl groups excluding tert-OH is 1. The van der Waals surface area contributed by atoms with Crippen LogP contribution >= 0.6 is 0 Å². The fourth-order valence-electron chi connectivity index (χ4n) is 2.74. The maximum Gasteiger partial charge on any atom is 0.0692 e. The molecule has 1 aliphatic rings. The molecule has 2 nitrogen and oxygen atoms in total. The molecular weight excluding hydrogens is 210 g/mol. The fourth-order valence-corrected chi connectivity index (χ4v) is 2.74. The van der Waals surface area contributed by atoms with E-state index in [0.717, 1.165) is 25.9 Å². The molecule has 17 heavy (non-hydrogen) atoms. The summed E-state index contributed by atoms with van der Waals surface area (Å²) >= 11 is 0. The Morgan fingerprint density at radius 2 is 2.06 bits per heavy atom. The highest BCUT2D eigenvalue weighted by Crippen LogP contribution is 2.23. The first kappa shape index (κ1) is 12.6. The lowest BCUT2D eigenvalue weighted by atomic mass is 9.95. The maximum absolute atomic E-state index is 10.1. The Kier molecular flexibility index (Phi) is 4.57. The number of piperidine rings is 1. The molecule has 1 saturated heterocycles. The lowest BCUT2D eigenvalue weighted by Crippen LogP contribution is -2.46. The van der Waals surface area contributed by atoms with Crippen LogP contribution in [0.15, 0.2) is 30.3 Å². The monoisotopic (exact) mass is 233 g/mol. The third-order valence-corrected chi connectivity index (χ3v) is 3.76. The van der Waals surface area contributed by atoms with Gasteiger partial charge < -0.3 is 5.11 Å². The Bertz CT molecular complexity index is 325. The van der Waals surface area contributed by atoms with E-state index in [2.05, 4.69) is 42.2 Å². The quantitative estimate of drug-likeness (QED) is 0.864. The van der Waals surface area contributed by atoms with E-state index in [9.17, 15) is 5.11 Å². The van der Waals surface area contributed by atoms with Gasteiger partial charge in [0.25, 0.3) is 0 Å². The SMILES string of the molecule is CCC(O)C1CCCCN1Cc1ccccc1. The van der Waals surface area contributed by atoms with E-state index in [4.69, 9.17) is 0 Å². The average Bonchev–Trinajstić information content (AvgIpc) is 2.40. The van der Waals surface area contributed by atoms with Gasteiger partial charge in [-0.25, -0.2) is 0 Å². The van der Waals surface area contributed by atoms with Gasteiger partial charge in [-0.15, -0.1) is 0 Å². The number of hydrogen-bond acceptors (Lipinski definition) is 2. The third-order valence-electron chi connectivity index (χ3n) is 3.76. The molecule has 0 aromatic heterocycles. The van der Waals surface area contributed by atoms with Crippen LogP contribution in [0.1, 0.15) is 38.2 Å². The molecular formula is C15H23NO. The predicted molar refractivity (Wildman–Crippen MR) is 70.8 cm³/mol. The van der Waals surface area contributed by atoms with Gasteiger partial charge in [-0.1, -0.05) is 43.7 Å². The highest BCUT2D eigenvalue weighted by atomic mass is 16.3. The number of nitrogens with zero attached hydrogens (tertiary/aromatic N) is 1. The molecule has 1 aromatic carbocycles. The molecule has 0 spiro atoms. The number of hydrogen-bond donors (Lipinski definition) is 1. The van der Waals surface area contributed by atoms with Crippen molar-refractivity contribution in [3.8, 4) is 0 Å². The molecule has 94 valence electrons. The standard InChI is InChI=1S/C15H23NO/c1-2-15(17)14-10-6-7-11-16(14)12-13-8-4-3-5-9-13/h3-5,8-9,14-15,17H,2,6-7,10-12H2,1H3. The smallest absolute Gasteiger partial charge is 0.0692 e. The Morgan fingerprint density at radius 1 is 1.29 bits per heavy atom. The van der Waals surface area contributed by atoms with E-state index in [-0.39, 0.29) is 6.10 Å². The van der Waals surface area contributed by atoms with Crippen molar-refractivity contribution < 1.29 is 5.11 Å². The van der Waals surface area contributed by atoms with Crippen molar-refractivity contribution in [2.45, 2.75) is 51.3 Å². The first-order chi connectivity index (χ1) is 8.31. The zero-order valence-corrected chi connectivity index (χ0v) is 10.7. The van der Waals surface area contributed by atoms with E-state index < -0.39 is 0 Å². The number of aliphatic hydroxyl groups is 1. The Hall–Kier alpha value is -0.860. The Balaban J connectivity index is 2.01. The molecule has 2 heteroatoms. The minimum atomic E-state index is -0.168. The van der Waals surface area contributed by atoms with Crippen LogP contribution < -0.4 is 0 Å². The zero-order chi connectivity index (χ0) is 12.1. The van der Waals surface area contributed by atoms with Crippen LogP contribution in [0.25, 0.3) is 0 Å². The first-order valence-electron chi connectivity index (χ1n) is 6.77. The molecule has 0 saturated carbocycles. The molecule has 1 N–H and O–H groups in total. The number of benzene rings is 1. The topological polar surface area (TPSA) is 23.5 Å². The highest BCUT2D eigenvalue weighted by Gasteiger charge is 2.27. The summed E-state index contributed by atoms with van der Waals surface area (Å²) in [7, 11) is 0. The summed E-state index contributed by atoms with van der Waals surface area (Å²) in [5.41, 5.74) is 1.35. The molecule has 1 heterocycles. The van der Waals surface area contributed by atoms with Crippen molar-refractivity contribution in [3.05, 3.63) is 35.9 Å². The minimum Gasteiger partial charge on any atom is -0.392 e. The van der Waals surface area contributed by atoms with Crippen LogP contribution in [0.4, 0.5) is 0 Å². The van der Waals surface area contributed by atoms with Gasteiger partial charge in [0.05, 0.1) is 6.10 Å². The Labute approximate surface area is 104 Å². The van der Waals surface area contributed by atoms with Crippen molar-refractivity contribution in [2.75, 3.05) is 6.54 Å². The van der Waals surface area contributed by atoms with Crippen LogP contribution in [0.3, 0.4) is 0 Å². The largest absolute Gasteiger partial charge is 0.392 e. The van der Waals surface area contributed by atoms with Crippen molar-refractivity contribution in [1.82, 2.24) is 4.90 Å². The third kappa shape index (κ3) is 3.30. The van der Waals surface area contributed by atoms with Crippen LogP contribution in [0.2, 0.25) is 0 Å². The maximum atomic E-state index is 10.1. The lowest BCUT2D eigenvalue weighted by Gasteiger charge is -2.38. The van der Waals surface area contributed by atoms with Gasteiger partial charge >= 0.3 is 0 Å². The van der Waals surface area contributed by atoms with Gasteiger partial charge in [-0.05, 0) is 31.4 Å². The van der Waals surface area contributed by atoms with Crippen LogP contribution in [-0.4, -0.2) is 28.7 Å². The van der Waals surface area contributed by atoms with Gasteiger partial charge in [0, 0.05) is 12.6 Å². The summed E-state index contributed by atoms with van der Waals surface area (Å²) in [6.45, 7) is 4.17. The molecule has 2 atom stereocenters. The van der Waals surface area contributed by atoms with Crippen LogP contribution in [0.5, 0.6) is 0 Å². The first-order valence-corrected chi connectivity index (χ1v) is 6.77. The van der Waals surface area contributed by atoms with Crippen LogP contribution in [-0.2, 0) is 6.54 Å². The molecule has 0 bridgehead atoms. The summed E-state index contributed by atoms with van der Waals surface area (Å²) < 4.78 is 0. The summed E-state index contributed by atoms with van der Waals surface area (Å²) in [4.78, 5) is 2.45. The number of likely N-dealkylation sites (tertiary alicyclic amines) is 1. The van der Waals surface area contributed by atoms with E-state index in [0.29, 0.717) is 6.04 Å². The van der Waals surface area contributed by atoms with Crippen molar-refractivity contribution in [1.29, 1.82) is 0 Å². The van der Waals surface area contributed by atoms with Gasteiger partial charge in [-0.2, -0.15) is 0 Å². The Morgan fingerprint density at radius 3 is 2.76 bits per heavy atom.